The van der Waals surface area contributed by atoms with E-state index in [1.54, 1.807) is 0 Å². The lowest BCUT2D eigenvalue weighted by Gasteiger charge is -2.08. The van der Waals surface area contributed by atoms with Gasteiger partial charge in [0.05, 0.1) is 0 Å². The van der Waals surface area contributed by atoms with Gasteiger partial charge in [0.25, 0.3) is 5.56 Å². The lowest BCUT2D eigenvalue weighted by molar-refractivity contribution is 0.523. The van der Waals surface area contributed by atoms with Gasteiger partial charge in [-0.2, -0.15) is 0 Å². The molecule has 23 heavy (non-hydrogen) atoms. The van der Waals surface area contributed by atoms with Crippen LogP contribution >= 0.6 is 0 Å². The molecular weight excluding hydrogens is 290 g/mol. The van der Waals surface area contributed by atoms with E-state index in [1.807, 2.05) is 0 Å². The number of anilines is 1. The van der Waals surface area contributed by atoms with Crippen molar-refractivity contribution in [1.82, 2.24) is 9.55 Å². The predicted octanol–water partition coefficient (Wildman–Crippen LogP) is 3.82. The van der Waals surface area contributed by atoms with Gasteiger partial charge in [-0.05, 0) is 6.42 Å². The molecule has 0 saturated heterocycles. The summed E-state index contributed by atoms with van der Waals surface area (Å²) >= 11 is 0. The van der Waals surface area contributed by atoms with Gasteiger partial charge in [-0.1, -0.05) is 77.6 Å². The minimum atomic E-state index is -0.432. The average Bonchev–Trinajstić information content (AvgIpc) is 2.50. The van der Waals surface area contributed by atoms with E-state index in [2.05, 4.69) is 11.9 Å². The van der Waals surface area contributed by atoms with Gasteiger partial charge in [0.15, 0.2) is 0 Å². The lowest BCUT2D eigenvalue weighted by atomic mass is 10.1. The maximum absolute atomic E-state index is 11.6. The van der Waals surface area contributed by atoms with E-state index < -0.39 is 11.2 Å². The van der Waals surface area contributed by atoms with Crippen molar-refractivity contribution >= 4 is 5.82 Å². The first-order chi connectivity index (χ1) is 11.1. The Balaban J connectivity index is 2.00. The zero-order valence-electron chi connectivity index (χ0n) is 14.6. The Morgan fingerprint density at radius 3 is 1.83 bits per heavy atom. The zero-order chi connectivity index (χ0) is 16.9. The number of rotatable bonds is 13. The third-order valence-electron chi connectivity index (χ3n) is 4.30. The maximum atomic E-state index is 11.6. The van der Waals surface area contributed by atoms with Crippen LogP contribution in [0.25, 0.3) is 0 Å². The Bertz CT molecular complexity index is 534. The molecule has 1 aromatic rings. The van der Waals surface area contributed by atoms with Gasteiger partial charge >= 0.3 is 5.69 Å². The molecule has 0 fully saturated rings. The fraction of sp³-hybridized carbons (Fsp3) is 0.778. The van der Waals surface area contributed by atoms with Crippen LogP contribution in [0, 0.1) is 0 Å². The molecule has 0 aliphatic rings. The minimum absolute atomic E-state index is 0.252. The first-order valence-electron chi connectivity index (χ1n) is 9.24. The molecule has 5 nitrogen and oxygen atoms in total. The Hall–Kier alpha value is -1.52. The number of unbranched alkanes of at least 4 members (excludes halogenated alkanes) is 11. The molecule has 1 heterocycles. The second-order valence-electron chi connectivity index (χ2n) is 6.40. The van der Waals surface area contributed by atoms with E-state index in [0.29, 0.717) is 6.54 Å². The van der Waals surface area contributed by atoms with Gasteiger partial charge in [0, 0.05) is 12.6 Å². The molecule has 3 N–H and O–H groups in total. The second-order valence-corrected chi connectivity index (χ2v) is 6.40. The van der Waals surface area contributed by atoms with Gasteiger partial charge in [-0.15, -0.1) is 0 Å². The molecule has 5 heteroatoms. The largest absolute Gasteiger partial charge is 0.385 e. The van der Waals surface area contributed by atoms with Crippen molar-refractivity contribution in [2.45, 2.75) is 90.5 Å². The highest BCUT2D eigenvalue weighted by Crippen LogP contribution is 2.12. The normalized spacial score (nSPS) is 11.0. The fourth-order valence-electron chi connectivity index (χ4n) is 2.88. The molecule has 0 aliphatic heterocycles. The Kier molecular flexibility index (Phi) is 10.2. The fourth-order valence-corrected chi connectivity index (χ4v) is 2.88. The van der Waals surface area contributed by atoms with E-state index in [1.165, 1.54) is 74.8 Å². The van der Waals surface area contributed by atoms with Crippen LogP contribution in [-0.4, -0.2) is 9.55 Å². The molecule has 0 bridgehead atoms. The Morgan fingerprint density at radius 1 is 0.870 bits per heavy atom. The number of aromatic amines is 1. The summed E-state index contributed by atoms with van der Waals surface area (Å²) in [5, 5.41) is 0. The molecule has 0 amide bonds. The molecule has 0 radical (unpaired) electrons. The van der Waals surface area contributed by atoms with Crippen LogP contribution in [0.2, 0.25) is 0 Å². The molecule has 1 aromatic heterocycles. The zero-order valence-corrected chi connectivity index (χ0v) is 14.6. The van der Waals surface area contributed by atoms with E-state index in [-0.39, 0.29) is 5.82 Å². The van der Waals surface area contributed by atoms with Crippen LogP contribution in [0.4, 0.5) is 5.82 Å². The number of nitrogens with zero attached hydrogens (tertiary/aromatic N) is 1. The molecule has 0 aromatic carbocycles. The molecule has 0 unspecified atom stereocenters. The third-order valence-corrected chi connectivity index (χ3v) is 4.30. The van der Waals surface area contributed by atoms with Gasteiger partial charge in [-0.25, -0.2) is 4.79 Å². The molecule has 0 atom stereocenters. The first-order valence-corrected chi connectivity index (χ1v) is 9.24. The monoisotopic (exact) mass is 323 g/mol. The summed E-state index contributed by atoms with van der Waals surface area (Å²) in [7, 11) is 0. The number of H-pyrrole nitrogens is 1. The van der Waals surface area contributed by atoms with Crippen molar-refractivity contribution in [3.05, 3.63) is 26.9 Å². The Morgan fingerprint density at radius 2 is 1.35 bits per heavy atom. The third kappa shape index (κ3) is 8.62. The molecule has 0 saturated carbocycles. The lowest BCUT2D eigenvalue weighted by Crippen LogP contribution is -2.31. The molecule has 1 rings (SSSR count). The first kappa shape index (κ1) is 19.5. The van der Waals surface area contributed by atoms with Crippen LogP contribution in [-0.2, 0) is 6.54 Å². The summed E-state index contributed by atoms with van der Waals surface area (Å²) < 4.78 is 1.44. The van der Waals surface area contributed by atoms with Crippen molar-refractivity contribution in [2.75, 3.05) is 5.73 Å². The maximum Gasteiger partial charge on any atom is 0.329 e. The van der Waals surface area contributed by atoms with Crippen LogP contribution in [0.5, 0.6) is 0 Å². The smallest absolute Gasteiger partial charge is 0.329 e. The van der Waals surface area contributed by atoms with Crippen molar-refractivity contribution in [2.24, 2.45) is 0 Å². The number of nitrogens with one attached hydrogen (secondary N) is 1. The minimum Gasteiger partial charge on any atom is -0.385 e. The van der Waals surface area contributed by atoms with Crippen LogP contribution < -0.4 is 17.0 Å². The SMILES string of the molecule is CCCCCCCCCCCCCCn1c(N)cc(=O)[nH]c1=O. The van der Waals surface area contributed by atoms with Crippen LogP contribution in [0.3, 0.4) is 0 Å². The van der Waals surface area contributed by atoms with Gasteiger partial charge in [0.1, 0.15) is 5.82 Å². The molecule has 132 valence electrons. The van der Waals surface area contributed by atoms with E-state index in [4.69, 9.17) is 5.73 Å². The van der Waals surface area contributed by atoms with Crippen molar-refractivity contribution in [3.8, 4) is 0 Å². The Labute approximate surface area is 139 Å². The van der Waals surface area contributed by atoms with E-state index >= 15 is 0 Å². The highest BCUT2D eigenvalue weighted by Gasteiger charge is 2.02. The predicted molar refractivity (Wildman–Crippen MR) is 96.8 cm³/mol. The van der Waals surface area contributed by atoms with Crippen LogP contribution in [0.1, 0.15) is 84.0 Å². The summed E-state index contributed by atoms with van der Waals surface area (Å²) in [6, 6.07) is 1.27. The summed E-state index contributed by atoms with van der Waals surface area (Å²) in [5.74, 6) is 0.252. The van der Waals surface area contributed by atoms with E-state index in [0.717, 1.165) is 12.8 Å². The highest BCUT2D eigenvalue weighted by molar-refractivity contribution is 5.25. The van der Waals surface area contributed by atoms with E-state index in [9.17, 15) is 9.59 Å². The standard InChI is InChI=1S/C18H33N3O2/c1-2-3-4-5-6-7-8-9-10-11-12-13-14-21-16(19)15-17(22)20-18(21)23/h15H,2-14,19H2,1H3,(H,20,22,23). The summed E-state index contributed by atoms with van der Waals surface area (Å²) in [6.45, 7) is 2.83. The highest BCUT2D eigenvalue weighted by atomic mass is 16.2. The number of hydrogen-bond acceptors (Lipinski definition) is 3. The molecule has 0 aliphatic carbocycles. The average molecular weight is 323 g/mol. The summed E-state index contributed by atoms with van der Waals surface area (Å²) in [5.41, 5.74) is 4.87. The van der Waals surface area contributed by atoms with Gasteiger partial charge in [-0.3, -0.25) is 14.3 Å². The second kappa shape index (κ2) is 12.0. The van der Waals surface area contributed by atoms with Gasteiger partial charge < -0.3 is 5.73 Å². The van der Waals surface area contributed by atoms with Gasteiger partial charge in [0.2, 0.25) is 0 Å². The van der Waals surface area contributed by atoms with Crippen molar-refractivity contribution in [1.29, 1.82) is 0 Å². The van der Waals surface area contributed by atoms with Crippen molar-refractivity contribution in [3.63, 3.8) is 0 Å². The van der Waals surface area contributed by atoms with Crippen LogP contribution in [0.15, 0.2) is 15.7 Å². The topological polar surface area (TPSA) is 80.9 Å². The van der Waals surface area contributed by atoms with Crippen molar-refractivity contribution < 1.29 is 0 Å². The number of aromatic nitrogens is 2. The quantitative estimate of drug-likeness (QED) is 0.541. The number of hydrogen-bond donors (Lipinski definition) is 2. The molecular formula is C18H33N3O2. The summed E-state index contributed by atoms with van der Waals surface area (Å²) in [6.07, 6.45) is 15.4. The summed E-state index contributed by atoms with van der Waals surface area (Å²) in [4.78, 5) is 25.0. The number of nitrogen functional groups attached to an aromatic ring is 1. The number of nitrogens with two attached hydrogens (primary N) is 1. The molecule has 0 spiro atoms.